The molecular formula is C17H15ClN2O2. The highest BCUT2D eigenvalue weighted by Crippen LogP contribution is 2.22. The van der Waals surface area contributed by atoms with E-state index in [1.165, 1.54) is 0 Å². The Morgan fingerprint density at radius 3 is 2.73 bits per heavy atom. The zero-order valence-electron chi connectivity index (χ0n) is 11.8. The molecule has 112 valence electrons. The zero-order chi connectivity index (χ0) is 15.4. The van der Waals surface area contributed by atoms with Crippen molar-refractivity contribution in [3.63, 3.8) is 0 Å². The first-order valence-electron chi connectivity index (χ1n) is 6.89. The summed E-state index contributed by atoms with van der Waals surface area (Å²) < 4.78 is 5.72. The second kappa shape index (κ2) is 6.64. The van der Waals surface area contributed by atoms with Crippen LogP contribution < -0.4 is 5.32 Å². The van der Waals surface area contributed by atoms with Crippen molar-refractivity contribution in [2.45, 2.75) is 13.2 Å². The highest BCUT2D eigenvalue weighted by molar-refractivity contribution is 6.30. The highest BCUT2D eigenvalue weighted by Gasteiger charge is 2.06. The topological polar surface area (TPSA) is 58.3 Å². The van der Waals surface area contributed by atoms with Crippen LogP contribution in [0.3, 0.4) is 0 Å². The Kier molecular flexibility index (Phi) is 4.42. The fourth-order valence-electron chi connectivity index (χ4n) is 2.10. The van der Waals surface area contributed by atoms with Gasteiger partial charge in [-0.15, -0.1) is 0 Å². The number of aliphatic hydroxyl groups is 1. The molecular weight excluding hydrogens is 300 g/mol. The van der Waals surface area contributed by atoms with Crippen molar-refractivity contribution >= 4 is 17.3 Å². The first kappa shape index (κ1) is 14.6. The van der Waals surface area contributed by atoms with E-state index in [4.69, 9.17) is 21.1 Å². The molecule has 0 fully saturated rings. The van der Waals surface area contributed by atoms with Crippen LogP contribution in [0.1, 0.15) is 11.5 Å². The summed E-state index contributed by atoms with van der Waals surface area (Å²) in [6.45, 7) is 0.498. The summed E-state index contributed by atoms with van der Waals surface area (Å²) in [5.41, 5.74) is 2.71. The summed E-state index contributed by atoms with van der Waals surface area (Å²) in [5, 5.41) is 13.0. The van der Waals surface area contributed by atoms with Crippen LogP contribution in [0.15, 0.2) is 59.1 Å². The van der Waals surface area contributed by atoms with E-state index in [9.17, 15) is 0 Å². The molecule has 2 aromatic carbocycles. The minimum atomic E-state index is 0.0231. The highest BCUT2D eigenvalue weighted by atomic mass is 35.5. The van der Waals surface area contributed by atoms with Crippen molar-refractivity contribution < 1.29 is 9.52 Å². The van der Waals surface area contributed by atoms with Gasteiger partial charge in [0.1, 0.15) is 0 Å². The van der Waals surface area contributed by atoms with E-state index in [0.717, 1.165) is 16.8 Å². The zero-order valence-corrected chi connectivity index (χ0v) is 12.5. The Morgan fingerprint density at radius 2 is 1.95 bits per heavy atom. The number of aliphatic hydroxyl groups excluding tert-OH is 1. The van der Waals surface area contributed by atoms with E-state index >= 15 is 0 Å². The van der Waals surface area contributed by atoms with Crippen molar-refractivity contribution in [1.82, 2.24) is 4.98 Å². The van der Waals surface area contributed by atoms with Crippen molar-refractivity contribution in [2.24, 2.45) is 0 Å². The lowest BCUT2D eigenvalue weighted by Crippen LogP contribution is -1.99. The maximum Gasteiger partial charge on any atom is 0.214 e. The SMILES string of the molecule is OCc1cccc(NCc2ncc(-c3ccc(Cl)cc3)o2)c1. The van der Waals surface area contributed by atoms with Crippen molar-refractivity contribution in [2.75, 3.05) is 5.32 Å². The van der Waals surface area contributed by atoms with Gasteiger partial charge in [-0.2, -0.15) is 0 Å². The predicted molar refractivity (Wildman–Crippen MR) is 86.6 cm³/mol. The molecule has 1 aromatic heterocycles. The van der Waals surface area contributed by atoms with Gasteiger partial charge in [0, 0.05) is 16.3 Å². The lowest BCUT2D eigenvalue weighted by Gasteiger charge is -2.05. The number of aromatic nitrogens is 1. The van der Waals surface area contributed by atoms with Gasteiger partial charge in [-0.1, -0.05) is 23.7 Å². The third-order valence-corrected chi connectivity index (χ3v) is 3.49. The van der Waals surface area contributed by atoms with Gasteiger partial charge >= 0.3 is 0 Å². The van der Waals surface area contributed by atoms with E-state index in [-0.39, 0.29) is 6.61 Å². The molecule has 0 unspecified atom stereocenters. The predicted octanol–water partition coefficient (Wildman–Crippen LogP) is 4.10. The van der Waals surface area contributed by atoms with E-state index in [1.54, 1.807) is 6.20 Å². The molecule has 3 aromatic rings. The quantitative estimate of drug-likeness (QED) is 0.744. The first-order valence-corrected chi connectivity index (χ1v) is 7.27. The summed E-state index contributed by atoms with van der Waals surface area (Å²) in [6, 6.07) is 15.0. The van der Waals surface area contributed by atoms with Crippen LogP contribution in [0.25, 0.3) is 11.3 Å². The molecule has 5 heteroatoms. The average Bonchev–Trinajstić information content (AvgIpc) is 3.03. The van der Waals surface area contributed by atoms with Crippen LogP contribution in [0.2, 0.25) is 5.02 Å². The van der Waals surface area contributed by atoms with Crippen molar-refractivity contribution in [1.29, 1.82) is 0 Å². The Hall–Kier alpha value is -2.30. The smallest absolute Gasteiger partial charge is 0.214 e. The maximum atomic E-state index is 9.13. The Labute approximate surface area is 133 Å². The molecule has 0 atom stereocenters. The monoisotopic (exact) mass is 314 g/mol. The molecule has 0 bridgehead atoms. The summed E-state index contributed by atoms with van der Waals surface area (Å²) >= 11 is 5.87. The van der Waals surface area contributed by atoms with Crippen LogP contribution >= 0.6 is 11.6 Å². The average molecular weight is 315 g/mol. The van der Waals surface area contributed by atoms with Gasteiger partial charge in [-0.3, -0.25) is 0 Å². The number of rotatable bonds is 5. The number of anilines is 1. The van der Waals surface area contributed by atoms with Crippen LogP contribution in [0, 0.1) is 0 Å². The molecule has 0 aliphatic carbocycles. The molecule has 0 saturated heterocycles. The standard InChI is InChI=1S/C17H15ClN2O2/c18-14-6-4-13(5-7-14)16-9-20-17(22-16)10-19-15-3-1-2-12(8-15)11-21/h1-9,19,21H,10-11H2. The molecule has 22 heavy (non-hydrogen) atoms. The third kappa shape index (κ3) is 3.47. The number of oxazole rings is 1. The van der Waals surface area contributed by atoms with E-state index in [1.807, 2.05) is 48.5 Å². The van der Waals surface area contributed by atoms with Gasteiger partial charge in [-0.05, 0) is 42.0 Å². The first-order chi connectivity index (χ1) is 10.7. The van der Waals surface area contributed by atoms with E-state index in [0.29, 0.717) is 23.2 Å². The lowest BCUT2D eigenvalue weighted by molar-refractivity contribution is 0.282. The normalized spacial score (nSPS) is 10.6. The van der Waals surface area contributed by atoms with Crippen LogP contribution in [0.4, 0.5) is 5.69 Å². The molecule has 0 aliphatic heterocycles. The van der Waals surface area contributed by atoms with E-state index in [2.05, 4.69) is 10.3 Å². The summed E-state index contributed by atoms with van der Waals surface area (Å²) in [4.78, 5) is 4.26. The van der Waals surface area contributed by atoms with Crippen LogP contribution in [-0.2, 0) is 13.2 Å². The van der Waals surface area contributed by atoms with Gasteiger partial charge in [0.05, 0.1) is 19.3 Å². The van der Waals surface area contributed by atoms with Crippen molar-refractivity contribution in [3.05, 3.63) is 71.2 Å². The third-order valence-electron chi connectivity index (χ3n) is 3.24. The van der Waals surface area contributed by atoms with Crippen LogP contribution in [-0.4, -0.2) is 10.1 Å². The largest absolute Gasteiger partial charge is 0.439 e. The lowest BCUT2D eigenvalue weighted by atomic mass is 10.2. The minimum absolute atomic E-state index is 0.0231. The Morgan fingerprint density at radius 1 is 1.14 bits per heavy atom. The molecule has 0 amide bonds. The van der Waals surface area contributed by atoms with Gasteiger partial charge in [0.15, 0.2) is 5.76 Å². The number of hydrogen-bond donors (Lipinski definition) is 2. The molecule has 2 N–H and O–H groups in total. The molecule has 1 heterocycles. The number of nitrogens with zero attached hydrogens (tertiary/aromatic N) is 1. The van der Waals surface area contributed by atoms with Gasteiger partial charge in [0.25, 0.3) is 0 Å². The number of benzene rings is 2. The molecule has 3 rings (SSSR count). The minimum Gasteiger partial charge on any atom is -0.439 e. The second-order valence-electron chi connectivity index (χ2n) is 4.84. The fraction of sp³-hybridized carbons (Fsp3) is 0.118. The van der Waals surface area contributed by atoms with Crippen LogP contribution in [0.5, 0.6) is 0 Å². The Bertz CT molecular complexity index is 753. The van der Waals surface area contributed by atoms with Gasteiger partial charge in [0.2, 0.25) is 5.89 Å². The summed E-state index contributed by atoms with van der Waals surface area (Å²) in [7, 11) is 0. The molecule has 0 spiro atoms. The van der Waals surface area contributed by atoms with Crippen molar-refractivity contribution in [3.8, 4) is 11.3 Å². The van der Waals surface area contributed by atoms with E-state index < -0.39 is 0 Å². The molecule has 0 aliphatic rings. The number of hydrogen-bond acceptors (Lipinski definition) is 4. The molecule has 4 nitrogen and oxygen atoms in total. The summed E-state index contributed by atoms with van der Waals surface area (Å²) in [5.74, 6) is 1.30. The fourth-order valence-corrected chi connectivity index (χ4v) is 2.22. The summed E-state index contributed by atoms with van der Waals surface area (Å²) in [6.07, 6.45) is 1.70. The second-order valence-corrected chi connectivity index (χ2v) is 5.27. The number of halogens is 1. The van der Waals surface area contributed by atoms with Gasteiger partial charge in [-0.25, -0.2) is 4.98 Å². The molecule has 0 radical (unpaired) electrons. The maximum absolute atomic E-state index is 9.13. The Balaban J connectivity index is 1.67. The van der Waals surface area contributed by atoms with Gasteiger partial charge < -0.3 is 14.8 Å². The molecule has 0 saturated carbocycles. The number of nitrogens with one attached hydrogen (secondary N) is 1.